The number of amides is 2. The van der Waals surface area contributed by atoms with E-state index in [1.165, 1.54) is 11.0 Å². The van der Waals surface area contributed by atoms with E-state index in [2.05, 4.69) is 0 Å². The normalized spacial score (nSPS) is 25.0. The predicted octanol–water partition coefficient (Wildman–Crippen LogP) is 0.655. The first-order valence-corrected chi connectivity index (χ1v) is 12.0. The number of hydrogen-bond donors (Lipinski definition) is 1. The van der Waals surface area contributed by atoms with E-state index in [1.54, 1.807) is 0 Å². The van der Waals surface area contributed by atoms with Crippen molar-refractivity contribution in [3.63, 3.8) is 0 Å². The number of primary amides is 1. The summed E-state index contributed by atoms with van der Waals surface area (Å²) in [5.41, 5.74) is 1.61. The van der Waals surface area contributed by atoms with Gasteiger partial charge in [-0.05, 0) is 25.0 Å². The molecule has 1 saturated heterocycles. The Balaban J connectivity index is 2.11. The molecule has 1 aliphatic heterocycles. The predicted molar refractivity (Wildman–Crippen MR) is 111 cm³/mol. The van der Waals surface area contributed by atoms with Gasteiger partial charge in [0.2, 0.25) is 11.8 Å². The van der Waals surface area contributed by atoms with E-state index in [-0.39, 0.29) is 26.3 Å². The van der Waals surface area contributed by atoms with Crippen LogP contribution < -0.4 is 5.73 Å². The Bertz CT molecular complexity index is 1160. The van der Waals surface area contributed by atoms with Gasteiger partial charge >= 0.3 is 12.1 Å². The number of morpholine rings is 1. The van der Waals surface area contributed by atoms with Gasteiger partial charge in [-0.15, -0.1) is 0 Å². The second-order valence-corrected chi connectivity index (χ2v) is 10.4. The topological polar surface area (TPSA) is 157 Å². The SMILES string of the molecule is N#CCOC(=O)[C@]1(C(N)=O)C[C@H](S(=O)(=O)c2ccccc2C(F)(F)F)C[C@H]1C(=O)N1CCOCC1. The van der Waals surface area contributed by atoms with Gasteiger partial charge in [0, 0.05) is 13.1 Å². The summed E-state index contributed by atoms with van der Waals surface area (Å²) in [7, 11) is -4.80. The van der Waals surface area contributed by atoms with Crippen LogP contribution in [0.5, 0.6) is 0 Å². The first-order valence-electron chi connectivity index (χ1n) is 10.5. The van der Waals surface area contributed by atoms with Crippen molar-refractivity contribution in [1.82, 2.24) is 4.90 Å². The molecule has 35 heavy (non-hydrogen) atoms. The number of sulfone groups is 1. The molecule has 0 bridgehead atoms. The van der Waals surface area contributed by atoms with Crippen LogP contribution in [0.2, 0.25) is 0 Å². The minimum atomic E-state index is -5.00. The Labute approximate surface area is 198 Å². The Morgan fingerprint density at radius 2 is 1.86 bits per heavy atom. The van der Waals surface area contributed by atoms with Crippen LogP contribution in [0.15, 0.2) is 29.2 Å². The lowest BCUT2D eigenvalue weighted by molar-refractivity contribution is -0.167. The number of alkyl halides is 3. The smallest absolute Gasteiger partial charge is 0.417 e. The minimum absolute atomic E-state index is 0.0890. The number of halogens is 3. The van der Waals surface area contributed by atoms with Crippen molar-refractivity contribution in [1.29, 1.82) is 5.26 Å². The highest BCUT2D eigenvalue weighted by molar-refractivity contribution is 7.92. The highest BCUT2D eigenvalue weighted by atomic mass is 32.2. The van der Waals surface area contributed by atoms with Crippen LogP contribution in [0.4, 0.5) is 13.2 Å². The Hall–Kier alpha value is -3.18. The number of nitrogens with zero attached hydrogens (tertiary/aromatic N) is 2. The van der Waals surface area contributed by atoms with Crippen LogP contribution in [-0.2, 0) is 39.9 Å². The molecule has 2 amide bonds. The highest BCUT2D eigenvalue weighted by Gasteiger charge is 2.64. The van der Waals surface area contributed by atoms with Crippen molar-refractivity contribution < 1.29 is 45.4 Å². The van der Waals surface area contributed by atoms with Crippen LogP contribution in [0.25, 0.3) is 0 Å². The van der Waals surface area contributed by atoms with Crippen molar-refractivity contribution in [2.75, 3.05) is 32.9 Å². The fourth-order valence-corrected chi connectivity index (χ4v) is 6.60. The monoisotopic (exact) mass is 517 g/mol. The second-order valence-electron chi connectivity index (χ2n) is 8.16. The van der Waals surface area contributed by atoms with Crippen LogP contribution in [0, 0.1) is 22.7 Å². The van der Waals surface area contributed by atoms with E-state index in [9.17, 15) is 36.0 Å². The summed E-state index contributed by atoms with van der Waals surface area (Å²) in [5, 5.41) is 7.03. The molecule has 1 aromatic carbocycles. The molecule has 0 spiro atoms. The number of rotatable bonds is 6. The lowest BCUT2D eigenvalue weighted by Gasteiger charge is -2.34. The summed E-state index contributed by atoms with van der Waals surface area (Å²) < 4.78 is 77.4. The third-order valence-corrected chi connectivity index (χ3v) is 8.48. The van der Waals surface area contributed by atoms with Gasteiger partial charge in [-0.2, -0.15) is 18.4 Å². The molecule has 0 unspecified atom stereocenters. The zero-order chi connectivity index (χ0) is 26.0. The maximum absolute atomic E-state index is 13.5. The summed E-state index contributed by atoms with van der Waals surface area (Å²) in [6.07, 6.45) is -6.52. The van der Waals surface area contributed by atoms with Crippen LogP contribution in [0.3, 0.4) is 0 Å². The molecule has 190 valence electrons. The zero-order valence-corrected chi connectivity index (χ0v) is 19.1. The van der Waals surface area contributed by atoms with Crippen molar-refractivity contribution in [3.05, 3.63) is 29.8 Å². The molecule has 3 rings (SSSR count). The van der Waals surface area contributed by atoms with Crippen LogP contribution in [-0.4, -0.2) is 69.3 Å². The van der Waals surface area contributed by atoms with E-state index in [4.69, 9.17) is 20.5 Å². The highest BCUT2D eigenvalue weighted by Crippen LogP contribution is 2.50. The molecule has 14 heteroatoms. The van der Waals surface area contributed by atoms with E-state index >= 15 is 0 Å². The maximum Gasteiger partial charge on any atom is 0.417 e. The van der Waals surface area contributed by atoms with Gasteiger partial charge in [0.15, 0.2) is 21.9 Å². The Kier molecular flexibility index (Phi) is 7.42. The number of benzene rings is 1. The van der Waals surface area contributed by atoms with E-state index in [0.29, 0.717) is 6.07 Å². The van der Waals surface area contributed by atoms with Crippen LogP contribution in [0.1, 0.15) is 18.4 Å². The zero-order valence-electron chi connectivity index (χ0n) is 18.3. The molecule has 1 saturated carbocycles. The van der Waals surface area contributed by atoms with Gasteiger partial charge in [0.1, 0.15) is 6.07 Å². The van der Waals surface area contributed by atoms with E-state index in [0.717, 1.165) is 18.2 Å². The summed E-state index contributed by atoms with van der Waals surface area (Å²) in [6, 6.07) is 5.03. The first-order chi connectivity index (χ1) is 16.4. The largest absolute Gasteiger partial charge is 0.449 e. The quantitative estimate of drug-likeness (QED) is 0.426. The van der Waals surface area contributed by atoms with Gasteiger partial charge in [-0.25, -0.2) is 8.42 Å². The summed E-state index contributed by atoms with van der Waals surface area (Å²) in [5.74, 6) is -5.14. The summed E-state index contributed by atoms with van der Waals surface area (Å²) >= 11 is 0. The van der Waals surface area contributed by atoms with E-state index in [1.807, 2.05) is 0 Å². The molecule has 2 fully saturated rings. The second kappa shape index (κ2) is 9.82. The average molecular weight is 517 g/mol. The number of carbonyl (C=O) groups is 3. The van der Waals surface area contributed by atoms with Crippen molar-refractivity contribution in [2.24, 2.45) is 17.1 Å². The summed E-state index contributed by atoms with van der Waals surface area (Å²) in [6.45, 7) is -0.318. The van der Waals surface area contributed by atoms with Gasteiger partial charge in [0.25, 0.3) is 0 Å². The first kappa shape index (κ1) is 26.4. The number of hydrogen-bond acceptors (Lipinski definition) is 8. The van der Waals surface area contributed by atoms with Gasteiger partial charge < -0.3 is 20.1 Å². The molecule has 3 atom stereocenters. The van der Waals surface area contributed by atoms with Crippen molar-refractivity contribution in [3.8, 4) is 6.07 Å². The molecule has 0 radical (unpaired) electrons. The number of esters is 1. The molecule has 0 aromatic heterocycles. The molecule has 2 aliphatic rings. The molecular weight excluding hydrogens is 495 g/mol. The molecule has 1 aromatic rings. The minimum Gasteiger partial charge on any atom is -0.449 e. The summed E-state index contributed by atoms with van der Waals surface area (Å²) in [4.78, 5) is 39.2. The average Bonchev–Trinajstić information content (AvgIpc) is 3.25. The third-order valence-electron chi connectivity index (χ3n) is 6.27. The molecule has 2 N–H and O–H groups in total. The van der Waals surface area contributed by atoms with Gasteiger partial charge in [-0.3, -0.25) is 14.4 Å². The molecule has 1 heterocycles. The number of nitriles is 1. The lowest BCUT2D eigenvalue weighted by Crippen LogP contribution is -2.54. The lowest BCUT2D eigenvalue weighted by atomic mass is 9.76. The van der Waals surface area contributed by atoms with Gasteiger partial charge in [-0.1, -0.05) is 12.1 Å². The maximum atomic E-state index is 13.5. The molecule has 1 aliphatic carbocycles. The standard InChI is InChI=1S/C21H22F3N3O7S/c22-21(23,24)14-3-1-2-4-16(14)35(31,32)13-11-15(17(28)27-6-9-33-10-7-27)20(12-13,18(26)29)19(30)34-8-5-25/h1-4,13,15H,6-12H2,(H2,26,29)/t13-,15+,20-/m1/s1. The number of nitrogens with two attached hydrogens (primary N) is 1. The Morgan fingerprint density at radius 3 is 2.43 bits per heavy atom. The molecular formula is C21H22F3N3O7S. The Morgan fingerprint density at radius 1 is 1.23 bits per heavy atom. The number of ether oxygens (including phenoxy) is 2. The fraction of sp³-hybridized carbons (Fsp3) is 0.524. The molecule has 10 nitrogen and oxygen atoms in total. The van der Waals surface area contributed by atoms with Crippen molar-refractivity contribution >= 4 is 27.6 Å². The van der Waals surface area contributed by atoms with Crippen LogP contribution >= 0.6 is 0 Å². The third kappa shape index (κ3) is 4.83. The fourth-order valence-electron chi connectivity index (χ4n) is 4.55. The van der Waals surface area contributed by atoms with Crippen molar-refractivity contribution in [2.45, 2.75) is 29.2 Å². The number of carbonyl (C=O) groups excluding carboxylic acids is 3. The van der Waals surface area contributed by atoms with E-state index < -0.39 is 80.3 Å². The van der Waals surface area contributed by atoms with Gasteiger partial charge in [0.05, 0.1) is 34.8 Å².